The summed E-state index contributed by atoms with van der Waals surface area (Å²) in [6.45, 7) is 12.9. The molecule has 0 amide bonds. The molecule has 0 fully saturated rings. The zero-order valence-corrected chi connectivity index (χ0v) is 13.6. The molecule has 1 aromatic rings. The first-order valence-corrected chi connectivity index (χ1v) is 6.98. The summed E-state index contributed by atoms with van der Waals surface area (Å²) in [7, 11) is 4.20. The quantitative estimate of drug-likeness (QED) is 0.797. The lowest BCUT2D eigenvalue weighted by Crippen LogP contribution is -2.33. The lowest BCUT2D eigenvalue weighted by atomic mass is 9.87. The van der Waals surface area contributed by atoms with Gasteiger partial charge in [-0.05, 0) is 37.2 Å². The van der Waals surface area contributed by atoms with Gasteiger partial charge in [0.15, 0.2) is 0 Å². The number of hydrogen-bond donors (Lipinski definition) is 0. The van der Waals surface area contributed by atoms with E-state index in [-0.39, 0.29) is 10.8 Å². The lowest BCUT2D eigenvalue weighted by molar-refractivity contribution is 0.141. The Morgan fingerprint density at radius 3 is 2.21 bits per heavy atom. The van der Waals surface area contributed by atoms with Crippen molar-refractivity contribution in [2.75, 3.05) is 27.2 Å². The smallest absolute Gasteiger partial charge is 0.119 e. The van der Waals surface area contributed by atoms with Crippen LogP contribution < -0.4 is 4.74 Å². The molecule has 0 aliphatic rings. The Hall–Kier alpha value is -1.02. The third-order valence-corrected chi connectivity index (χ3v) is 3.07. The Kier molecular flexibility index (Phi) is 5.03. The third-order valence-electron chi connectivity index (χ3n) is 3.07. The Morgan fingerprint density at radius 1 is 1.05 bits per heavy atom. The summed E-state index contributed by atoms with van der Waals surface area (Å²) < 4.78 is 5.98. The van der Waals surface area contributed by atoms with Crippen molar-refractivity contribution < 1.29 is 4.74 Å². The second-order valence-electron chi connectivity index (χ2n) is 7.47. The van der Waals surface area contributed by atoms with E-state index in [2.05, 4.69) is 71.8 Å². The summed E-state index contributed by atoms with van der Waals surface area (Å²) in [5, 5.41) is 0. The fraction of sp³-hybridized carbons (Fsp3) is 0.647. The Balaban J connectivity index is 2.68. The molecule has 0 aromatic heterocycles. The van der Waals surface area contributed by atoms with Gasteiger partial charge in [0.2, 0.25) is 0 Å². The van der Waals surface area contributed by atoms with Crippen LogP contribution >= 0.6 is 0 Å². The lowest BCUT2D eigenvalue weighted by Gasteiger charge is -2.28. The highest BCUT2D eigenvalue weighted by Gasteiger charge is 2.20. The number of benzene rings is 1. The van der Waals surface area contributed by atoms with E-state index >= 15 is 0 Å². The molecule has 0 heterocycles. The predicted octanol–water partition coefficient (Wildman–Crippen LogP) is 3.95. The molecule has 0 atom stereocenters. The van der Waals surface area contributed by atoms with E-state index < -0.39 is 0 Å². The molecule has 1 aromatic carbocycles. The minimum atomic E-state index is 0.154. The van der Waals surface area contributed by atoms with Crippen molar-refractivity contribution in [1.29, 1.82) is 0 Å². The van der Waals surface area contributed by atoms with Crippen molar-refractivity contribution in [3.8, 4) is 5.75 Å². The van der Waals surface area contributed by atoms with Gasteiger partial charge in [0.05, 0.1) is 6.61 Å². The van der Waals surface area contributed by atoms with E-state index in [4.69, 9.17) is 4.74 Å². The molecule has 2 nitrogen and oxygen atoms in total. The van der Waals surface area contributed by atoms with Crippen LogP contribution in [0, 0.1) is 5.41 Å². The first kappa shape index (κ1) is 16.0. The molecule has 0 unspecified atom stereocenters. The molecule has 1 rings (SSSR count). The fourth-order valence-electron chi connectivity index (χ4n) is 2.23. The molecule has 0 bridgehead atoms. The SMILES string of the molecule is CN(C)CC(C)(C)COc1cccc(C(C)(C)C)c1. The minimum Gasteiger partial charge on any atom is -0.493 e. The molecule has 0 aliphatic heterocycles. The highest BCUT2D eigenvalue weighted by atomic mass is 16.5. The number of ether oxygens (including phenoxy) is 1. The van der Waals surface area contributed by atoms with Crippen LogP contribution in [0.15, 0.2) is 24.3 Å². The van der Waals surface area contributed by atoms with E-state index in [1.54, 1.807) is 0 Å². The minimum absolute atomic E-state index is 0.154. The highest BCUT2D eigenvalue weighted by Crippen LogP contribution is 2.26. The van der Waals surface area contributed by atoms with Crippen molar-refractivity contribution in [1.82, 2.24) is 4.90 Å². The number of rotatable bonds is 5. The zero-order chi connectivity index (χ0) is 14.7. The van der Waals surface area contributed by atoms with Crippen molar-refractivity contribution in [3.05, 3.63) is 29.8 Å². The summed E-state index contributed by atoms with van der Waals surface area (Å²) in [6.07, 6.45) is 0. The Bertz CT molecular complexity index is 402. The zero-order valence-electron chi connectivity index (χ0n) is 13.6. The second kappa shape index (κ2) is 5.96. The maximum atomic E-state index is 5.98. The number of hydrogen-bond acceptors (Lipinski definition) is 2. The topological polar surface area (TPSA) is 12.5 Å². The summed E-state index contributed by atoms with van der Waals surface area (Å²) in [4.78, 5) is 2.20. The summed E-state index contributed by atoms with van der Waals surface area (Å²) in [5.74, 6) is 0.972. The first-order valence-electron chi connectivity index (χ1n) is 6.98. The van der Waals surface area contributed by atoms with Crippen LogP contribution in [-0.4, -0.2) is 32.1 Å². The maximum absolute atomic E-state index is 5.98. The van der Waals surface area contributed by atoms with E-state index in [9.17, 15) is 0 Å². The van der Waals surface area contributed by atoms with E-state index in [0.29, 0.717) is 0 Å². The normalized spacial score (nSPS) is 12.8. The van der Waals surface area contributed by atoms with Crippen LogP contribution in [0.25, 0.3) is 0 Å². The Morgan fingerprint density at radius 2 is 1.68 bits per heavy atom. The summed E-state index contributed by atoms with van der Waals surface area (Å²) >= 11 is 0. The molecule has 0 saturated heterocycles. The molecule has 0 aliphatic carbocycles. The average molecular weight is 263 g/mol. The van der Waals surface area contributed by atoms with Crippen LogP contribution in [0.5, 0.6) is 5.75 Å². The molecule has 0 spiro atoms. The van der Waals surface area contributed by atoms with Gasteiger partial charge in [-0.15, -0.1) is 0 Å². The van der Waals surface area contributed by atoms with Gasteiger partial charge < -0.3 is 9.64 Å². The van der Waals surface area contributed by atoms with E-state index in [0.717, 1.165) is 18.9 Å². The molecule has 0 radical (unpaired) electrons. The van der Waals surface area contributed by atoms with Gasteiger partial charge in [0.1, 0.15) is 5.75 Å². The molecule has 108 valence electrons. The van der Waals surface area contributed by atoms with Crippen LogP contribution in [0.3, 0.4) is 0 Å². The average Bonchev–Trinajstić information content (AvgIpc) is 2.24. The van der Waals surface area contributed by atoms with Gasteiger partial charge in [0, 0.05) is 12.0 Å². The number of nitrogens with zero attached hydrogens (tertiary/aromatic N) is 1. The highest BCUT2D eigenvalue weighted by molar-refractivity contribution is 5.32. The van der Waals surface area contributed by atoms with Gasteiger partial charge >= 0.3 is 0 Å². The van der Waals surface area contributed by atoms with Crippen molar-refractivity contribution in [2.24, 2.45) is 5.41 Å². The van der Waals surface area contributed by atoms with Crippen molar-refractivity contribution >= 4 is 0 Å². The largest absolute Gasteiger partial charge is 0.493 e. The maximum Gasteiger partial charge on any atom is 0.119 e. The van der Waals surface area contributed by atoms with Gasteiger partial charge in [-0.2, -0.15) is 0 Å². The van der Waals surface area contributed by atoms with Gasteiger partial charge in [-0.25, -0.2) is 0 Å². The van der Waals surface area contributed by atoms with Gasteiger partial charge in [-0.3, -0.25) is 0 Å². The van der Waals surface area contributed by atoms with Crippen molar-refractivity contribution in [2.45, 2.75) is 40.0 Å². The molecular weight excluding hydrogens is 234 g/mol. The molecule has 19 heavy (non-hydrogen) atoms. The van der Waals surface area contributed by atoms with Crippen LogP contribution in [-0.2, 0) is 5.41 Å². The van der Waals surface area contributed by atoms with E-state index in [1.807, 2.05) is 6.07 Å². The summed E-state index contributed by atoms with van der Waals surface area (Å²) in [6, 6.07) is 8.44. The predicted molar refractivity (Wildman–Crippen MR) is 83.0 cm³/mol. The monoisotopic (exact) mass is 263 g/mol. The third kappa shape index (κ3) is 5.65. The standard InChI is InChI=1S/C17H29NO/c1-16(2,3)14-9-8-10-15(11-14)19-13-17(4,5)12-18(6)7/h8-11H,12-13H2,1-7H3. The van der Waals surface area contributed by atoms with E-state index in [1.165, 1.54) is 5.56 Å². The second-order valence-corrected chi connectivity index (χ2v) is 7.47. The van der Waals surface area contributed by atoms with Crippen LogP contribution in [0.4, 0.5) is 0 Å². The summed E-state index contributed by atoms with van der Waals surface area (Å²) in [5.41, 5.74) is 1.63. The van der Waals surface area contributed by atoms with Gasteiger partial charge in [0.25, 0.3) is 0 Å². The molecule has 2 heteroatoms. The van der Waals surface area contributed by atoms with Gasteiger partial charge in [-0.1, -0.05) is 46.8 Å². The molecule has 0 saturated carbocycles. The molecular formula is C17H29NO. The van der Waals surface area contributed by atoms with Crippen molar-refractivity contribution in [3.63, 3.8) is 0 Å². The Labute approximate surface area is 118 Å². The van der Waals surface area contributed by atoms with Crippen LogP contribution in [0.1, 0.15) is 40.2 Å². The van der Waals surface area contributed by atoms with Crippen LogP contribution in [0.2, 0.25) is 0 Å². The first-order chi connectivity index (χ1) is 8.60. The fourth-order valence-corrected chi connectivity index (χ4v) is 2.23. The molecule has 0 N–H and O–H groups in total.